The molecule has 3 rings (SSSR count). The Hall–Kier alpha value is -2.57. The molecule has 0 saturated heterocycles. The van der Waals surface area contributed by atoms with Gasteiger partial charge in [-0.15, -0.1) is 5.10 Å². The van der Waals surface area contributed by atoms with Gasteiger partial charge in [-0.3, -0.25) is 4.79 Å². The summed E-state index contributed by atoms with van der Waals surface area (Å²) in [6, 6.07) is 7.58. The fraction of sp³-hybridized carbons (Fsp3) is 0.308. The Kier molecular flexibility index (Phi) is 2.63. The Bertz CT molecular complexity index is 868. The fourth-order valence-corrected chi connectivity index (χ4v) is 2.24. The molecule has 1 aromatic carbocycles. The number of carbonyl (C=O) groups is 1. The second-order valence-electron chi connectivity index (χ2n) is 4.91. The molecule has 7 nitrogen and oxygen atoms in total. The molecule has 0 saturated carbocycles. The molecule has 0 aliphatic rings. The van der Waals surface area contributed by atoms with Crippen molar-refractivity contribution in [2.75, 3.05) is 14.1 Å². The summed E-state index contributed by atoms with van der Waals surface area (Å²) in [5.74, 6) is 0.363. The predicted molar refractivity (Wildman–Crippen MR) is 74.6 cm³/mol. The van der Waals surface area contributed by atoms with Gasteiger partial charge >= 0.3 is 5.69 Å². The number of amides is 1. The number of hydrogen-bond donors (Lipinski definition) is 0. The number of likely N-dealkylation sites (N-methyl/N-ethyl adjacent to an activating group) is 1. The van der Waals surface area contributed by atoms with E-state index in [2.05, 4.69) is 5.10 Å². The average molecular weight is 273 g/mol. The van der Waals surface area contributed by atoms with E-state index in [9.17, 15) is 9.59 Å². The van der Waals surface area contributed by atoms with E-state index in [1.54, 1.807) is 14.1 Å². The SMILES string of the molecule is CN(C)C(=O)Cn1nc2n(C)c3ccccc3n2c1=O. The Morgan fingerprint density at radius 1 is 1.25 bits per heavy atom. The van der Waals surface area contributed by atoms with Crippen LogP contribution < -0.4 is 5.69 Å². The van der Waals surface area contributed by atoms with Crippen molar-refractivity contribution in [1.29, 1.82) is 0 Å². The molecular weight excluding hydrogens is 258 g/mol. The van der Waals surface area contributed by atoms with E-state index in [0.29, 0.717) is 5.78 Å². The predicted octanol–water partition coefficient (Wildman–Crippen LogP) is 0.0759. The van der Waals surface area contributed by atoms with Crippen LogP contribution in [0, 0.1) is 0 Å². The van der Waals surface area contributed by atoms with Gasteiger partial charge in [-0.05, 0) is 12.1 Å². The van der Waals surface area contributed by atoms with Gasteiger partial charge in [0, 0.05) is 21.1 Å². The first kappa shape index (κ1) is 12.5. The minimum absolute atomic E-state index is 0.0537. The Morgan fingerprint density at radius 2 is 1.90 bits per heavy atom. The zero-order valence-corrected chi connectivity index (χ0v) is 11.6. The third-order valence-electron chi connectivity index (χ3n) is 3.39. The number of fused-ring (bicyclic) bond motifs is 3. The third-order valence-corrected chi connectivity index (χ3v) is 3.39. The number of rotatable bonds is 2. The molecule has 20 heavy (non-hydrogen) atoms. The van der Waals surface area contributed by atoms with Crippen LogP contribution in [0.2, 0.25) is 0 Å². The largest absolute Gasteiger partial charge is 0.352 e. The summed E-state index contributed by atoms with van der Waals surface area (Å²) in [6.07, 6.45) is 0. The minimum atomic E-state index is -0.299. The highest BCUT2D eigenvalue weighted by Gasteiger charge is 2.17. The van der Waals surface area contributed by atoms with Crippen LogP contribution in [0.15, 0.2) is 29.1 Å². The standard InChI is InChI=1S/C13H15N5O2/c1-15(2)11(19)8-17-13(20)18-10-7-5-4-6-9(10)16(3)12(18)14-17/h4-7H,8H2,1-3H3. The molecule has 0 radical (unpaired) electrons. The average Bonchev–Trinajstić information content (AvgIpc) is 2.88. The van der Waals surface area contributed by atoms with Crippen molar-refractivity contribution < 1.29 is 4.79 Å². The van der Waals surface area contributed by atoms with Gasteiger partial charge in [0.15, 0.2) is 0 Å². The van der Waals surface area contributed by atoms with Crippen LogP contribution in [0.3, 0.4) is 0 Å². The molecule has 2 aromatic heterocycles. The van der Waals surface area contributed by atoms with Crippen LogP contribution >= 0.6 is 0 Å². The van der Waals surface area contributed by atoms with Crippen LogP contribution in [-0.2, 0) is 18.4 Å². The summed E-state index contributed by atoms with van der Waals surface area (Å²) < 4.78 is 4.57. The summed E-state index contributed by atoms with van der Waals surface area (Å²) in [6.45, 7) is -0.0537. The van der Waals surface area contributed by atoms with E-state index in [1.807, 2.05) is 35.9 Å². The van der Waals surface area contributed by atoms with Crippen LogP contribution in [0.25, 0.3) is 16.8 Å². The molecule has 104 valence electrons. The van der Waals surface area contributed by atoms with Crippen molar-refractivity contribution in [3.8, 4) is 0 Å². The van der Waals surface area contributed by atoms with Gasteiger partial charge in [0.25, 0.3) is 0 Å². The lowest BCUT2D eigenvalue weighted by atomic mass is 10.3. The van der Waals surface area contributed by atoms with E-state index < -0.39 is 0 Å². The molecule has 2 heterocycles. The van der Waals surface area contributed by atoms with Crippen LogP contribution in [0.1, 0.15) is 0 Å². The molecule has 0 fully saturated rings. The zero-order valence-electron chi connectivity index (χ0n) is 11.6. The smallest absolute Gasteiger partial charge is 0.347 e. The number of carbonyl (C=O) groups excluding carboxylic acids is 1. The molecule has 0 N–H and O–H groups in total. The number of benzene rings is 1. The first-order chi connectivity index (χ1) is 9.50. The fourth-order valence-electron chi connectivity index (χ4n) is 2.24. The summed E-state index contributed by atoms with van der Waals surface area (Å²) in [5.41, 5.74) is 1.42. The first-order valence-corrected chi connectivity index (χ1v) is 6.24. The summed E-state index contributed by atoms with van der Waals surface area (Å²) in [4.78, 5) is 25.6. The van der Waals surface area contributed by atoms with E-state index in [4.69, 9.17) is 0 Å². The van der Waals surface area contributed by atoms with Gasteiger partial charge in [0.2, 0.25) is 11.7 Å². The van der Waals surface area contributed by atoms with Crippen molar-refractivity contribution in [3.05, 3.63) is 34.7 Å². The maximum Gasteiger partial charge on any atom is 0.352 e. The Morgan fingerprint density at radius 3 is 2.55 bits per heavy atom. The lowest BCUT2D eigenvalue weighted by Gasteiger charge is -2.08. The van der Waals surface area contributed by atoms with Crippen LogP contribution in [0.4, 0.5) is 0 Å². The van der Waals surface area contributed by atoms with Gasteiger partial charge in [-0.25, -0.2) is 13.9 Å². The van der Waals surface area contributed by atoms with Gasteiger partial charge in [0.05, 0.1) is 11.0 Å². The molecule has 0 spiro atoms. The molecule has 7 heteroatoms. The van der Waals surface area contributed by atoms with Gasteiger partial charge in [-0.1, -0.05) is 12.1 Å². The molecule has 0 aliphatic heterocycles. The first-order valence-electron chi connectivity index (χ1n) is 6.24. The maximum atomic E-state index is 12.4. The number of aromatic nitrogens is 4. The zero-order chi connectivity index (χ0) is 14.4. The number of aryl methyl sites for hydroxylation is 1. The van der Waals surface area contributed by atoms with E-state index in [0.717, 1.165) is 11.0 Å². The third kappa shape index (κ3) is 1.63. The Labute approximate surface area is 114 Å². The van der Waals surface area contributed by atoms with Crippen LogP contribution in [-0.4, -0.2) is 43.7 Å². The highest BCUT2D eigenvalue weighted by Crippen LogP contribution is 2.16. The lowest BCUT2D eigenvalue weighted by molar-refractivity contribution is -0.129. The second-order valence-corrected chi connectivity index (χ2v) is 4.91. The molecule has 1 amide bonds. The number of hydrogen-bond acceptors (Lipinski definition) is 3. The highest BCUT2D eigenvalue weighted by atomic mass is 16.2. The molecule has 0 aliphatic carbocycles. The number of para-hydroxylation sites is 2. The summed E-state index contributed by atoms with van der Waals surface area (Å²) in [7, 11) is 5.15. The Balaban J connectivity index is 2.24. The van der Waals surface area contributed by atoms with Crippen molar-refractivity contribution in [2.45, 2.75) is 6.54 Å². The highest BCUT2D eigenvalue weighted by molar-refractivity contribution is 5.80. The minimum Gasteiger partial charge on any atom is -0.347 e. The molecule has 3 aromatic rings. The van der Waals surface area contributed by atoms with Crippen molar-refractivity contribution in [1.82, 2.24) is 23.6 Å². The number of imidazole rings is 1. The summed E-state index contributed by atoms with van der Waals surface area (Å²) in [5, 5.41) is 4.25. The lowest BCUT2D eigenvalue weighted by Crippen LogP contribution is -2.32. The van der Waals surface area contributed by atoms with E-state index >= 15 is 0 Å². The normalized spacial score (nSPS) is 11.3. The van der Waals surface area contributed by atoms with Crippen molar-refractivity contribution in [3.63, 3.8) is 0 Å². The monoisotopic (exact) mass is 273 g/mol. The topological polar surface area (TPSA) is 64.5 Å². The maximum absolute atomic E-state index is 12.4. The van der Waals surface area contributed by atoms with E-state index in [1.165, 1.54) is 14.0 Å². The molecule has 0 atom stereocenters. The molecular formula is C13H15N5O2. The van der Waals surface area contributed by atoms with Crippen LogP contribution in [0.5, 0.6) is 0 Å². The van der Waals surface area contributed by atoms with Crippen molar-refractivity contribution in [2.24, 2.45) is 7.05 Å². The van der Waals surface area contributed by atoms with E-state index in [-0.39, 0.29) is 18.1 Å². The molecule has 0 bridgehead atoms. The number of nitrogens with zero attached hydrogens (tertiary/aromatic N) is 5. The van der Waals surface area contributed by atoms with Gasteiger partial charge in [0.1, 0.15) is 6.54 Å². The quantitative estimate of drug-likeness (QED) is 0.664. The van der Waals surface area contributed by atoms with Crippen molar-refractivity contribution >= 4 is 22.7 Å². The second kappa shape index (κ2) is 4.22. The van der Waals surface area contributed by atoms with Gasteiger partial charge < -0.3 is 9.47 Å². The summed E-state index contributed by atoms with van der Waals surface area (Å²) >= 11 is 0. The molecule has 0 unspecified atom stereocenters. The van der Waals surface area contributed by atoms with Gasteiger partial charge in [-0.2, -0.15) is 0 Å².